The fraction of sp³-hybridized carbons (Fsp3) is 0.400. The maximum atomic E-state index is 12.6. The van der Waals surface area contributed by atoms with E-state index >= 15 is 0 Å². The normalized spacial score (nSPS) is 22.6. The highest BCUT2D eigenvalue weighted by Gasteiger charge is 2.39. The number of fused-ring (bicyclic) bond motifs is 1. The molecule has 0 spiro atoms. The van der Waals surface area contributed by atoms with Gasteiger partial charge in [0.05, 0.1) is 16.9 Å². The van der Waals surface area contributed by atoms with Gasteiger partial charge < -0.3 is 14.3 Å². The summed E-state index contributed by atoms with van der Waals surface area (Å²) in [6.45, 7) is 9.30. The molecule has 5 heteroatoms. The molecule has 132 valence electrons. The van der Waals surface area contributed by atoms with Crippen LogP contribution in [0.15, 0.2) is 40.1 Å². The van der Waals surface area contributed by atoms with Crippen LogP contribution in [0.3, 0.4) is 0 Å². The number of hydrogen-bond donors (Lipinski definition) is 1. The second kappa shape index (κ2) is 6.06. The van der Waals surface area contributed by atoms with Gasteiger partial charge in [0.1, 0.15) is 17.4 Å². The molecule has 1 aromatic carbocycles. The van der Waals surface area contributed by atoms with Crippen LogP contribution >= 0.6 is 0 Å². The Hall–Kier alpha value is -2.56. The summed E-state index contributed by atoms with van der Waals surface area (Å²) in [6.07, 6.45) is 2.24. The average Bonchev–Trinajstić information content (AvgIpc) is 2.84. The molecule has 1 aliphatic heterocycles. The van der Waals surface area contributed by atoms with Crippen molar-refractivity contribution in [2.45, 2.75) is 45.1 Å². The van der Waals surface area contributed by atoms with Gasteiger partial charge in [0.25, 0.3) is 0 Å². The molecule has 0 saturated carbocycles. The number of aromatic hydroxyl groups is 1. The van der Waals surface area contributed by atoms with Gasteiger partial charge in [0, 0.05) is 5.41 Å². The van der Waals surface area contributed by atoms with Gasteiger partial charge in [-0.3, -0.25) is 4.79 Å². The van der Waals surface area contributed by atoms with Gasteiger partial charge in [-0.15, -0.1) is 6.58 Å². The molecular weight excluding hydrogens is 320 g/mol. The Morgan fingerprint density at radius 1 is 1.40 bits per heavy atom. The summed E-state index contributed by atoms with van der Waals surface area (Å²) in [5.41, 5.74) is -0.169. The van der Waals surface area contributed by atoms with Gasteiger partial charge in [-0.1, -0.05) is 32.1 Å². The highest BCUT2D eigenvalue weighted by Crippen LogP contribution is 2.40. The third kappa shape index (κ3) is 2.84. The van der Waals surface area contributed by atoms with Crippen LogP contribution in [0.1, 0.15) is 37.8 Å². The molecule has 0 amide bonds. The van der Waals surface area contributed by atoms with Crippen LogP contribution in [0.5, 0.6) is 5.75 Å². The number of esters is 1. The average molecular weight is 342 g/mol. The van der Waals surface area contributed by atoms with Crippen molar-refractivity contribution in [3.8, 4) is 5.75 Å². The lowest BCUT2D eigenvalue weighted by Gasteiger charge is -2.28. The number of hydrogen-bond acceptors (Lipinski definition) is 5. The number of benzene rings is 1. The molecule has 2 heterocycles. The van der Waals surface area contributed by atoms with Crippen LogP contribution in [0.25, 0.3) is 11.0 Å². The second-order valence-electron chi connectivity index (χ2n) is 7.08. The topological polar surface area (TPSA) is 76.7 Å². The van der Waals surface area contributed by atoms with Gasteiger partial charge in [-0.2, -0.15) is 0 Å². The van der Waals surface area contributed by atoms with E-state index in [9.17, 15) is 14.7 Å². The molecule has 0 bridgehead atoms. The first kappa shape index (κ1) is 17.3. The minimum Gasteiger partial charge on any atom is -0.507 e. The fourth-order valence-electron chi connectivity index (χ4n) is 3.61. The molecule has 0 aliphatic carbocycles. The maximum absolute atomic E-state index is 12.6. The number of carbonyl (C=O) groups is 1. The van der Waals surface area contributed by atoms with Crippen molar-refractivity contribution < 1.29 is 19.1 Å². The third-order valence-corrected chi connectivity index (χ3v) is 5.09. The second-order valence-corrected chi connectivity index (χ2v) is 7.08. The van der Waals surface area contributed by atoms with Gasteiger partial charge in [0.15, 0.2) is 0 Å². The highest BCUT2D eigenvalue weighted by atomic mass is 16.5. The zero-order chi connectivity index (χ0) is 18.4. The monoisotopic (exact) mass is 342 g/mol. The molecule has 25 heavy (non-hydrogen) atoms. The van der Waals surface area contributed by atoms with Crippen molar-refractivity contribution >= 4 is 16.9 Å². The van der Waals surface area contributed by atoms with Crippen molar-refractivity contribution in [2.24, 2.45) is 5.92 Å². The van der Waals surface area contributed by atoms with E-state index in [-0.39, 0.29) is 29.3 Å². The first-order chi connectivity index (χ1) is 11.8. The minimum atomic E-state index is -0.879. The van der Waals surface area contributed by atoms with Gasteiger partial charge in [-0.25, -0.2) is 4.79 Å². The summed E-state index contributed by atoms with van der Waals surface area (Å²) in [6, 6.07) is 5.27. The van der Waals surface area contributed by atoms with Crippen LogP contribution in [0.4, 0.5) is 0 Å². The van der Waals surface area contributed by atoms with E-state index < -0.39 is 11.0 Å². The predicted octanol–water partition coefficient (Wildman–Crippen LogP) is 3.59. The van der Waals surface area contributed by atoms with Crippen molar-refractivity contribution in [2.75, 3.05) is 0 Å². The van der Waals surface area contributed by atoms with Crippen LogP contribution in [0, 0.1) is 12.8 Å². The highest BCUT2D eigenvalue weighted by molar-refractivity contribution is 5.87. The van der Waals surface area contributed by atoms with Gasteiger partial charge in [-0.05, 0) is 31.4 Å². The van der Waals surface area contributed by atoms with E-state index in [1.807, 2.05) is 19.9 Å². The quantitative estimate of drug-likeness (QED) is 0.522. The van der Waals surface area contributed by atoms with Crippen molar-refractivity contribution in [1.29, 1.82) is 0 Å². The Morgan fingerprint density at radius 3 is 2.72 bits per heavy atom. The summed E-state index contributed by atoms with van der Waals surface area (Å²) in [7, 11) is 0. The molecular formula is C20H22O5. The maximum Gasteiger partial charge on any atom is 0.344 e. The van der Waals surface area contributed by atoms with Crippen molar-refractivity contribution in [3.63, 3.8) is 0 Å². The third-order valence-electron chi connectivity index (χ3n) is 5.09. The summed E-state index contributed by atoms with van der Waals surface area (Å²) in [5.74, 6) is -0.492. The lowest BCUT2D eigenvalue weighted by molar-refractivity contribution is -0.144. The smallest absolute Gasteiger partial charge is 0.344 e. The predicted molar refractivity (Wildman–Crippen MR) is 94.7 cm³/mol. The molecule has 3 rings (SSSR count). The number of aryl methyl sites for hydroxylation is 1. The van der Waals surface area contributed by atoms with E-state index in [1.165, 1.54) is 0 Å². The molecule has 0 radical (unpaired) electrons. The summed E-state index contributed by atoms with van der Waals surface area (Å²) in [4.78, 5) is 24.3. The Morgan fingerprint density at radius 2 is 2.12 bits per heavy atom. The number of cyclic esters (lactones) is 1. The zero-order valence-corrected chi connectivity index (χ0v) is 14.7. The Labute approximate surface area is 145 Å². The zero-order valence-electron chi connectivity index (χ0n) is 14.7. The van der Waals surface area contributed by atoms with Gasteiger partial charge in [0.2, 0.25) is 0 Å². The standard InChI is InChI=1S/C20H22O5/c1-5-20(4,10-13-9-12(3)18(22)24-13)16-17(21)15-11(2)7-6-8-14(15)25-19(16)23/h5-8,12-13,21H,1,9-10H2,2-4H3/t12-,13-,20-/m1/s1. The van der Waals surface area contributed by atoms with Crippen LogP contribution in [-0.2, 0) is 14.9 Å². The first-order valence-electron chi connectivity index (χ1n) is 8.37. The number of rotatable bonds is 4. The number of carbonyl (C=O) groups excluding carboxylic acids is 1. The molecule has 1 saturated heterocycles. The van der Waals surface area contributed by atoms with Crippen LogP contribution < -0.4 is 5.63 Å². The fourth-order valence-corrected chi connectivity index (χ4v) is 3.61. The van der Waals surface area contributed by atoms with E-state index in [0.717, 1.165) is 5.56 Å². The summed E-state index contributed by atoms with van der Waals surface area (Å²) in [5, 5.41) is 11.4. The Balaban J connectivity index is 2.12. The van der Waals surface area contributed by atoms with Gasteiger partial charge >= 0.3 is 11.6 Å². The molecule has 3 atom stereocenters. The lowest BCUT2D eigenvalue weighted by Crippen LogP contribution is -2.31. The Kier molecular flexibility index (Phi) is 4.19. The number of allylic oxidation sites excluding steroid dienone is 1. The number of ether oxygens (including phenoxy) is 1. The van der Waals surface area contributed by atoms with E-state index in [1.54, 1.807) is 25.1 Å². The molecule has 5 nitrogen and oxygen atoms in total. The van der Waals surface area contributed by atoms with E-state index in [0.29, 0.717) is 23.8 Å². The van der Waals surface area contributed by atoms with E-state index in [4.69, 9.17) is 9.15 Å². The molecule has 1 N–H and O–H groups in total. The molecule has 1 aliphatic rings. The van der Waals surface area contributed by atoms with E-state index in [2.05, 4.69) is 6.58 Å². The SMILES string of the molecule is C=C[C@](C)(C[C@H]1C[C@@H](C)C(=O)O1)c1c(O)c2c(C)cccc2oc1=O. The van der Waals surface area contributed by atoms with Crippen molar-refractivity contribution in [3.05, 3.63) is 52.4 Å². The summed E-state index contributed by atoms with van der Waals surface area (Å²) >= 11 is 0. The van der Waals surface area contributed by atoms with Crippen LogP contribution in [-0.4, -0.2) is 17.2 Å². The van der Waals surface area contributed by atoms with Crippen LogP contribution in [0.2, 0.25) is 0 Å². The molecule has 0 unspecified atom stereocenters. The molecule has 2 aromatic rings. The Bertz CT molecular complexity index is 910. The first-order valence-corrected chi connectivity index (χ1v) is 8.37. The minimum absolute atomic E-state index is 0.0934. The largest absolute Gasteiger partial charge is 0.507 e. The molecule has 1 aromatic heterocycles. The summed E-state index contributed by atoms with van der Waals surface area (Å²) < 4.78 is 10.8. The van der Waals surface area contributed by atoms with Crippen molar-refractivity contribution in [1.82, 2.24) is 0 Å². The molecule has 1 fully saturated rings. The lowest BCUT2D eigenvalue weighted by atomic mass is 9.77.